The summed E-state index contributed by atoms with van der Waals surface area (Å²) < 4.78 is 24.5. The highest BCUT2D eigenvalue weighted by atomic mass is 19.1. The molecule has 0 unspecified atom stereocenters. The summed E-state index contributed by atoms with van der Waals surface area (Å²) in [4.78, 5) is 19.4. The molecule has 30 heavy (non-hydrogen) atoms. The Bertz CT molecular complexity index is 1030. The Labute approximate surface area is 172 Å². The predicted molar refractivity (Wildman–Crippen MR) is 109 cm³/mol. The first-order valence-corrected chi connectivity index (χ1v) is 9.54. The maximum Gasteiger partial charge on any atom is 0.295 e. The van der Waals surface area contributed by atoms with Gasteiger partial charge in [0.15, 0.2) is 11.6 Å². The van der Waals surface area contributed by atoms with Crippen molar-refractivity contribution in [3.63, 3.8) is 0 Å². The van der Waals surface area contributed by atoms with E-state index in [9.17, 15) is 14.5 Å². The maximum atomic E-state index is 13.9. The highest BCUT2D eigenvalue weighted by Crippen LogP contribution is 2.35. The molecular weight excluding hydrogens is 391 g/mol. The number of aromatic nitrogens is 1. The molecule has 8 nitrogen and oxygen atoms in total. The molecule has 4 rings (SSSR count). The minimum absolute atomic E-state index is 0.00810. The van der Waals surface area contributed by atoms with Crippen molar-refractivity contribution < 1.29 is 18.5 Å². The lowest BCUT2D eigenvalue weighted by Crippen LogP contribution is -2.46. The molecule has 0 N–H and O–H groups in total. The van der Waals surface area contributed by atoms with Crippen LogP contribution in [0.2, 0.25) is 0 Å². The van der Waals surface area contributed by atoms with Crippen molar-refractivity contribution in [2.75, 3.05) is 38.2 Å². The lowest BCUT2D eigenvalue weighted by atomic mass is 10.2. The Morgan fingerprint density at radius 2 is 1.93 bits per heavy atom. The first kappa shape index (κ1) is 19.8. The number of halogens is 1. The van der Waals surface area contributed by atoms with Gasteiger partial charge in [0.1, 0.15) is 17.6 Å². The van der Waals surface area contributed by atoms with E-state index < -0.39 is 10.7 Å². The smallest absolute Gasteiger partial charge is 0.295 e. The number of piperazine rings is 1. The average Bonchev–Trinajstić information content (AvgIpc) is 3.23. The minimum atomic E-state index is -0.746. The summed E-state index contributed by atoms with van der Waals surface area (Å²) in [6.07, 6.45) is 1.65. The number of methoxy groups -OCH3 is 1. The van der Waals surface area contributed by atoms with Crippen LogP contribution < -0.4 is 9.64 Å². The molecule has 1 saturated heterocycles. The van der Waals surface area contributed by atoms with Gasteiger partial charge in [-0.25, -0.2) is 9.37 Å². The molecule has 0 spiro atoms. The standard InChI is InChI=1S/C21H21FN4O4/c1-29-20-12-18(19(26(27)28)11-16(20)22)25-9-7-24(8-10-25)13-21-23-17(14-30-21)15-5-3-2-4-6-15/h2-6,11-12,14H,7-10,13H2,1H3. The van der Waals surface area contributed by atoms with Crippen molar-refractivity contribution in [1.82, 2.24) is 9.88 Å². The second-order valence-electron chi connectivity index (χ2n) is 6.99. The number of nitro benzene ring substituents is 1. The zero-order valence-electron chi connectivity index (χ0n) is 16.5. The fourth-order valence-electron chi connectivity index (χ4n) is 3.55. The maximum absolute atomic E-state index is 13.9. The van der Waals surface area contributed by atoms with E-state index in [2.05, 4.69) is 9.88 Å². The first-order chi connectivity index (χ1) is 14.5. The molecule has 0 aliphatic carbocycles. The van der Waals surface area contributed by atoms with Crippen LogP contribution >= 0.6 is 0 Å². The molecule has 0 bridgehead atoms. The molecule has 0 atom stereocenters. The van der Waals surface area contributed by atoms with E-state index in [1.165, 1.54) is 13.2 Å². The monoisotopic (exact) mass is 412 g/mol. The number of benzene rings is 2. The summed E-state index contributed by atoms with van der Waals surface area (Å²) >= 11 is 0. The number of hydrogen-bond donors (Lipinski definition) is 0. The number of anilines is 1. The third-order valence-corrected chi connectivity index (χ3v) is 5.14. The molecule has 1 aromatic heterocycles. The van der Waals surface area contributed by atoms with E-state index >= 15 is 0 Å². The van der Waals surface area contributed by atoms with Gasteiger partial charge in [0, 0.05) is 37.8 Å². The van der Waals surface area contributed by atoms with E-state index in [0.29, 0.717) is 44.3 Å². The third kappa shape index (κ3) is 4.11. The molecule has 3 aromatic rings. The zero-order valence-corrected chi connectivity index (χ0v) is 16.5. The molecule has 0 saturated carbocycles. The van der Waals surface area contributed by atoms with Crippen LogP contribution in [0, 0.1) is 15.9 Å². The van der Waals surface area contributed by atoms with Gasteiger partial charge in [0.25, 0.3) is 5.69 Å². The molecule has 2 aromatic carbocycles. The van der Waals surface area contributed by atoms with Crippen LogP contribution in [0.15, 0.2) is 53.1 Å². The predicted octanol–water partition coefficient (Wildman–Crippen LogP) is 3.72. The van der Waals surface area contributed by atoms with Gasteiger partial charge in [-0.15, -0.1) is 0 Å². The number of oxazole rings is 1. The second kappa shape index (κ2) is 8.50. The molecular formula is C21H21FN4O4. The number of nitrogens with zero attached hydrogens (tertiary/aromatic N) is 4. The fourth-order valence-corrected chi connectivity index (χ4v) is 3.55. The number of hydrogen-bond acceptors (Lipinski definition) is 7. The van der Waals surface area contributed by atoms with Crippen LogP contribution in [0.4, 0.5) is 15.8 Å². The lowest BCUT2D eigenvalue weighted by molar-refractivity contribution is -0.384. The van der Waals surface area contributed by atoms with Gasteiger partial charge in [0.2, 0.25) is 5.89 Å². The lowest BCUT2D eigenvalue weighted by Gasteiger charge is -2.35. The molecule has 1 aliphatic rings. The molecule has 1 aliphatic heterocycles. The highest BCUT2D eigenvalue weighted by molar-refractivity contribution is 5.66. The molecule has 2 heterocycles. The fraction of sp³-hybridized carbons (Fsp3) is 0.286. The van der Waals surface area contributed by atoms with Gasteiger partial charge in [-0.1, -0.05) is 30.3 Å². The van der Waals surface area contributed by atoms with Crippen molar-refractivity contribution in [3.8, 4) is 17.0 Å². The van der Waals surface area contributed by atoms with Crippen molar-refractivity contribution in [1.29, 1.82) is 0 Å². The van der Waals surface area contributed by atoms with E-state index in [1.807, 2.05) is 35.2 Å². The van der Waals surface area contributed by atoms with Gasteiger partial charge in [-0.2, -0.15) is 0 Å². The molecule has 0 amide bonds. The second-order valence-corrected chi connectivity index (χ2v) is 6.99. The molecule has 0 radical (unpaired) electrons. The number of nitro groups is 1. The van der Waals surface area contributed by atoms with Crippen LogP contribution in [-0.2, 0) is 6.54 Å². The van der Waals surface area contributed by atoms with Crippen LogP contribution in [0.1, 0.15) is 5.89 Å². The normalized spacial score (nSPS) is 14.7. The van der Waals surface area contributed by atoms with E-state index in [-0.39, 0.29) is 11.4 Å². The molecule has 9 heteroatoms. The van der Waals surface area contributed by atoms with Crippen molar-refractivity contribution in [3.05, 3.63) is 70.5 Å². The van der Waals surface area contributed by atoms with E-state index in [1.54, 1.807) is 6.26 Å². The summed E-state index contributed by atoms with van der Waals surface area (Å²) in [5, 5.41) is 11.4. The largest absolute Gasteiger partial charge is 0.494 e. The van der Waals surface area contributed by atoms with E-state index in [4.69, 9.17) is 9.15 Å². The average molecular weight is 412 g/mol. The topological polar surface area (TPSA) is 84.9 Å². The van der Waals surface area contributed by atoms with Crippen LogP contribution in [0.3, 0.4) is 0 Å². The van der Waals surface area contributed by atoms with Gasteiger partial charge in [0.05, 0.1) is 24.6 Å². The summed E-state index contributed by atoms with van der Waals surface area (Å²) in [7, 11) is 1.34. The number of rotatable bonds is 6. The Morgan fingerprint density at radius 1 is 1.20 bits per heavy atom. The van der Waals surface area contributed by atoms with Crippen LogP contribution in [-0.4, -0.2) is 48.1 Å². The quantitative estimate of drug-likeness (QED) is 0.451. The summed E-state index contributed by atoms with van der Waals surface area (Å²) in [5.41, 5.74) is 1.88. The molecule has 1 fully saturated rings. The van der Waals surface area contributed by atoms with Gasteiger partial charge in [-0.3, -0.25) is 15.0 Å². The summed E-state index contributed by atoms with van der Waals surface area (Å²) in [6, 6.07) is 12.1. The Kier molecular flexibility index (Phi) is 5.62. The third-order valence-electron chi connectivity index (χ3n) is 5.14. The Morgan fingerprint density at radius 3 is 2.60 bits per heavy atom. The molecule has 156 valence electrons. The minimum Gasteiger partial charge on any atom is -0.494 e. The van der Waals surface area contributed by atoms with Crippen molar-refractivity contribution in [2.24, 2.45) is 0 Å². The van der Waals surface area contributed by atoms with Gasteiger partial charge < -0.3 is 14.1 Å². The summed E-state index contributed by atoms with van der Waals surface area (Å²) in [5.74, 6) is -0.132. The van der Waals surface area contributed by atoms with Gasteiger partial charge in [-0.05, 0) is 0 Å². The SMILES string of the molecule is COc1cc(N2CCN(Cc3nc(-c4ccccc4)co3)CC2)c([N+](=O)[O-])cc1F. The highest BCUT2D eigenvalue weighted by Gasteiger charge is 2.27. The van der Waals surface area contributed by atoms with Crippen LogP contribution in [0.5, 0.6) is 5.75 Å². The van der Waals surface area contributed by atoms with Crippen LogP contribution in [0.25, 0.3) is 11.3 Å². The number of ether oxygens (including phenoxy) is 1. The van der Waals surface area contributed by atoms with Gasteiger partial charge >= 0.3 is 0 Å². The Hall–Kier alpha value is -3.46. The van der Waals surface area contributed by atoms with Crippen molar-refractivity contribution in [2.45, 2.75) is 6.54 Å². The Balaban J connectivity index is 1.42. The van der Waals surface area contributed by atoms with Crippen molar-refractivity contribution >= 4 is 11.4 Å². The summed E-state index contributed by atoms with van der Waals surface area (Å²) in [6.45, 7) is 3.00. The zero-order chi connectivity index (χ0) is 21.1. The van der Waals surface area contributed by atoms with E-state index in [0.717, 1.165) is 17.3 Å². The first-order valence-electron chi connectivity index (χ1n) is 9.54.